The zero-order valence-electron chi connectivity index (χ0n) is 27.0. The Hall–Kier alpha value is -6.78. The Morgan fingerprint density at radius 1 is 0.420 bits per heavy atom. The summed E-state index contributed by atoms with van der Waals surface area (Å²) in [6.07, 6.45) is 0. The SMILES string of the molecule is c1ccc(-c2cc(-c3ccc(-n4c5cccc(-c6ccccc6)c5c5ccc6oc7ccccc7c6c54)cc3)nc(-c3ccccc3)n2)cc1. The Labute approximate surface area is 288 Å². The van der Waals surface area contributed by atoms with Crippen molar-refractivity contribution in [1.29, 1.82) is 0 Å². The van der Waals surface area contributed by atoms with Gasteiger partial charge in [0.1, 0.15) is 11.2 Å². The van der Waals surface area contributed by atoms with Gasteiger partial charge in [-0.1, -0.05) is 133 Å². The van der Waals surface area contributed by atoms with Crippen LogP contribution in [0.2, 0.25) is 0 Å². The summed E-state index contributed by atoms with van der Waals surface area (Å²) >= 11 is 0. The standard InChI is InChI=1S/C46H29N3O/c1-4-13-30(14-5-1)35-20-12-21-40-43(35)37-27-28-42-44(36-19-10-11-22-41(36)50-42)45(37)49(40)34-25-23-32(24-26-34)39-29-38(31-15-6-2-7-16-31)47-46(48-39)33-17-8-3-9-18-33/h1-29H. The minimum Gasteiger partial charge on any atom is -0.456 e. The summed E-state index contributed by atoms with van der Waals surface area (Å²) < 4.78 is 8.81. The second-order valence-electron chi connectivity index (χ2n) is 12.6. The lowest BCUT2D eigenvalue weighted by molar-refractivity contribution is 0.669. The van der Waals surface area contributed by atoms with Crippen molar-refractivity contribution in [2.75, 3.05) is 0 Å². The number of fused-ring (bicyclic) bond motifs is 7. The lowest BCUT2D eigenvalue weighted by Crippen LogP contribution is -1.97. The van der Waals surface area contributed by atoms with Crippen LogP contribution in [0.1, 0.15) is 0 Å². The first kappa shape index (κ1) is 28.3. The van der Waals surface area contributed by atoms with Crippen LogP contribution in [0.3, 0.4) is 0 Å². The fourth-order valence-electron chi connectivity index (χ4n) is 7.34. The van der Waals surface area contributed by atoms with Crippen molar-refractivity contribution < 1.29 is 4.42 Å². The second kappa shape index (κ2) is 11.4. The number of furan rings is 1. The zero-order chi connectivity index (χ0) is 33.0. The minimum absolute atomic E-state index is 0.705. The number of hydrogen-bond donors (Lipinski definition) is 0. The molecule has 7 aromatic carbocycles. The first-order chi connectivity index (χ1) is 24.8. The summed E-state index contributed by atoms with van der Waals surface area (Å²) in [5.74, 6) is 0.705. The lowest BCUT2D eigenvalue weighted by Gasteiger charge is -2.12. The maximum atomic E-state index is 6.41. The summed E-state index contributed by atoms with van der Waals surface area (Å²) in [6.45, 7) is 0. The van der Waals surface area contributed by atoms with Gasteiger partial charge in [-0.3, -0.25) is 0 Å². The molecule has 0 atom stereocenters. The van der Waals surface area contributed by atoms with Gasteiger partial charge in [-0.2, -0.15) is 0 Å². The summed E-state index contributed by atoms with van der Waals surface area (Å²) in [7, 11) is 0. The molecule has 0 spiro atoms. The van der Waals surface area contributed by atoms with E-state index in [0.717, 1.165) is 66.7 Å². The molecule has 0 amide bonds. The molecule has 10 rings (SSSR count). The Bertz CT molecular complexity index is 2780. The Morgan fingerprint density at radius 2 is 1.04 bits per heavy atom. The molecular formula is C46H29N3O. The van der Waals surface area contributed by atoms with Crippen molar-refractivity contribution >= 4 is 43.7 Å². The van der Waals surface area contributed by atoms with Crippen molar-refractivity contribution in [2.45, 2.75) is 0 Å². The quantitative estimate of drug-likeness (QED) is 0.188. The lowest BCUT2D eigenvalue weighted by atomic mass is 9.99. The number of benzene rings is 7. The van der Waals surface area contributed by atoms with Gasteiger partial charge in [0.05, 0.1) is 27.8 Å². The highest BCUT2D eigenvalue weighted by molar-refractivity contribution is 6.26. The van der Waals surface area contributed by atoms with E-state index < -0.39 is 0 Å². The smallest absolute Gasteiger partial charge is 0.160 e. The molecule has 4 nitrogen and oxygen atoms in total. The highest BCUT2D eigenvalue weighted by Gasteiger charge is 2.21. The first-order valence-electron chi connectivity index (χ1n) is 16.8. The highest BCUT2D eigenvalue weighted by atomic mass is 16.3. The van der Waals surface area contributed by atoms with Crippen LogP contribution < -0.4 is 0 Å². The normalized spacial score (nSPS) is 11.6. The Morgan fingerprint density at radius 3 is 1.76 bits per heavy atom. The Kier molecular flexibility index (Phi) is 6.46. The molecular weight excluding hydrogens is 611 g/mol. The van der Waals surface area contributed by atoms with E-state index in [2.05, 4.69) is 132 Å². The van der Waals surface area contributed by atoms with E-state index in [1.807, 2.05) is 48.5 Å². The molecule has 0 saturated heterocycles. The average molecular weight is 640 g/mol. The van der Waals surface area contributed by atoms with E-state index in [0.29, 0.717) is 5.82 Å². The fraction of sp³-hybridized carbons (Fsp3) is 0. The number of nitrogens with zero attached hydrogens (tertiary/aromatic N) is 3. The number of para-hydroxylation sites is 1. The van der Waals surface area contributed by atoms with Crippen LogP contribution in [-0.2, 0) is 0 Å². The van der Waals surface area contributed by atoms with Crippen molar-refractivity contribution in [3.05, 3.63) is 176 Å². The predicted molar refractivity (Wildman–Crippen MR) is 205 cm³/mol. The van der Waals surface area contributed by atoms with E-state index in [1.54, 1.807) is 0 Å². The molecule has 0 aliphatic carbocycles. The van der Waals surface area contributed by atoms with Crippen molar-refractivity contribution in [1.82, 2.24) is 14.5 Å². The van der Waals surface area contributed by atoms with E-state index in [-0.39, 0.29) is 0 Å². The summed E-state index contributed by atoms with van der Waals surface area (Å²) in [5.41, 5.74) is 12.3. The van der Waals surface area contributed by atoms with E-state index in [4.69, 9.17) is 14.4 Å². The van der Waals surface area contributed by atoms with E-state index >= 15 is 0 Å². The first-order valence-corrected chi connectivity index (χ1v) is 16.8. The molecule has 4 heteroatoms. The molecule has 0 fully saturated rings. The topological polar surface area (TPSA) is 43.9 Å². The maximum absolute atomic E-state index is 6.41. The van der Waals surface area contributed by atoms with E-state index in [1.165, 1.54) is 21.9 Å². The molecule has 0 aliphatic rings. The van der Waals surface area contributed by atoms with Gasteiger partial charge in [-0.15, -0.1) is 0 Å². The predicted octanol–water partition coefficient (Wildman–Crippen LogP) is 12.1. The molecule has 50 heavy (non-hydrogen) atoms. The molecule has 10 aromatic rings. The molecule has 0 unspecified atom stereocenters. The highest BCUT2D eigenvalue weighted by Crippen LogP contribution is 2.44. The van der Waals surface area contributed by atoms with Crippen molar-refractivity contribution in [2.24, 2.45) is 0 Å². The third kappa shape index (κ3) is 4.54. The van der Waals surface area contributed by atoms with Crippen LogP contribution in [0.4, 0.5) is 0 Å². The van der Waals surface area contributed by atoms with Gasteiger partial charge >= 0.3 is 0 Å². The summed E-state index contributed by atoms with van der Waals surface area (Å²) in [5, 5.41) is 4.64. The van der Waals surface area contributed by atoms with Crippen molar-refractivity contribution in [3.63, 3.8) is 0 Å². The Balaban J connectivity index is 1.21. The summed E-state index contributed by atoms with van der Waals surface area (Å²) in [4.78, 5) is 10.1. The monoisotopic (exact) mass is 639 g/mol. The van der Waals surface area contributed by atoms with Crippen LogP contribution in [0.5, 0.6) is 0 Å². The third-order valence-electron chi connectivity index (χ3n) is 9.63. The third-order valence-corrected chi connectivity index (χ3v) is 9.63. The molecule has 3 heterocycles. The van der Waals surface area contributed by atoms with Gasteiger partial charge in [0.25, 0.3) is 0 Å². The van der Waals surface area contributed by atoms with Crippen LogP contribution >= 0.6 is 0 Å². The summed E-state index contributed by atoms with van der Waals surface area (Å²) in [6, 6.07) is 61.3. The molecule has 0 saturated carbocycles. The zero-order valence-corrected chi connectivity index (χ0v) is 27.0. The molecule has 0 bridgehead atoms. The number of aromatic nitrogens is 3. The van der Waals surface area contributed by atoms with Gasteiger partial charge in [0, 0.05) is 38.5 Å². The van der Waals surface area contributed by atoms with Gasteiger partial charge in [-0.05, 0) is 53.6 Å². The molecule has 0 aliphatic heterocycles. The van der Waals surface area contributed by atoms with Crippen LogP contribution in [0.15, 0.2) is 180 Å². The van der Waals surface area contributed by atoms with Gasteiger partial charge < -0.3 is 8.98 Å². The fourth-order valence-corrected chi connectivity index (χ4v) is 7.34. The molecule has 234 valence electrons. The van der Waals surface area contributed by atoms with Gasteiger partial charge in [-0.25, -0.2) is 9.97 Å². The van der Waals surface area contributed by atoms with Crippen LogP contribution in [-0.4, -0.2) is 14.5 Å². The van der Waals surface area contributed by atoms with E-state index in [9.17, 15) is 0 Å². The minimum atomic E-state index is 0.705. The van der Waals surface area contributed by atoms with Gasteiger partial charge in [0.2, 0.25) is 0 Å². The van der Waals surface area contributed by atoms with Crippen LogP contribution in [0.25, 0.3) is 94.5 Å². The molecule has 0 N–H and O–H groups in total. The molecule has 0 radical (unpaired) electrons. The average Bonchev–Trinajstić information content (AvgIpc) is 3.75. The number of hydrogen-bond acceptors (Lipinski definition) is 3. The number of rotatable bonds is 5. The van der Waals surface area contributed by atoms with Gasteiger partial charge in [0.15, 0.2) is 5.82 Å². The molecule has 3 aromatic heterocycles. The van der Waals surface area contributed by atoms with Crippen molar-refractivity contribution in [3.8, 4) is 50.7 Å². The largest absolute Gasteiger partial charge is 0.456 e. The second-order valence-corrected chi connectivity index (χ2v) is 12.6. The maximum Gasteiger partial charge on any atom is 0.160 e. The van der Waals surface area contributed by atoms with Crippen LogP contribution in [0, 0.1) is 0 Å².